The molecule has 2 aromatic carbocycles. The lowest BCUT2D eigenvalue weighted by molar-refractivity contribution is -0.136. The number of hydrogen-bond acceptors (Lipinski definition) is 3. The number of carboxylic acids is 1. The topological polar surface area (TPSA) is 69.9 Å². The van der Waals surface area contributed by atoms with E-state index in [9.17, 15) is 9.90 Å². The van der Waals surface area contributed by atoms with Crippen molar-refractivity contribution in [1.82, 2.24) is 0 Å². The summed E-state index contributed by atoms with van der Waals surface area (Å²) >= 11 is 12.0. The molecule has 0 fully saturated rings. The number of benzene rings is 2. The van der Waals surface area contributed by atoms with Crippen LogP contribution < -0.4 is 0 Å². The Bertz CT molecular complexity index is 755. The minimum absolute atomic E-state index is 0.0680. The predicted molar refractivity (Wildman–Crippen MR) is 92.1 cm³/mol. The molecule has 4 nitrogen and oxygen atoms in total. The van der Waals surface area contributed by atoms with Crippen LogP contribution in [0.15, 0.2) is 41.4 Å². The van der Waals surface area contributed by atoms with Crippen LogP contribution in [0.25, 0.3) is 0 Å². The van der Waals surface area contributed by atoms with Crippen molar-refractivity contribution in [3.8, 4) is 5.75 Å². The molecular weight excluding hydrogens is 337 g/mol. The van der Waals surface area contributed by atoms with Crippen molar-refractivity contribution in [2.75, 3.05) is 6.54 Å². The van der Waals surface area contributed by atoms with Gasteiger partial charge in [-0.05, 0) is 36.8 Å². The summed E-state index contributed by atoms with van der Waals surface area (Å²) < 4.78 is 0. The van der Waals surface area contributed by atoms with Crippen LogP contribution in [-0.2, 0) is 4.79 Å². The molecule has 0 aliphatic rings. The molecule has 0 bridgehead atoms. The summed E-state index contributed by atoms with van der Waals surface area (Å²) in [6, 6.07) is 10.2. The molecule has 6 heteroatoms. The maximum atomic E-state index is 10.7. The van der Waals surface area contributed by atoms with Gasteiger partial charge in [0.05, 0.1) is 18.7 Å². The fraction of sp³-hybridized carbons (Fsp3) is 0.176. The maximum Gasteiger partial charge on any atom is 0.305 e. The first-order valence-electron chi connectivity index (χ1n) is 6.90. The number of carbonyl (C=O) groups is 1. The Morgan fingerprint density at radius 3 is 2.39 bits per heavy atom. The minimum atomic E-state index is -0.935. The first-order chi connectivity index (χ1) is 10.9. The molecular formula is C17H15Cl2NO3. The molecule has 2 aromatic rings. The number of aromatic hydroxyl groups is 1. The summed E-state index contributed by atoms with van der Waals surface area (Å²) in [5.41, 5.74) is 2.28. The molecule has 0 atom stereocenters. The van der Waals surface area contributed by atoms with Gasteiger partial charge < -0.3 is 10.2 Å². The number of halogens is 2. The van der Waals surface area contributed by atoms with Gasteiger partial charge in [-0.25, -0.2) is 0 Å². The number of nitrogens with zero attached hydrogens (tertiary/aromatic N) is 1. The van der Waals surface area contributed by atoms with E-state index in [-0.39, 0.29) is 18.7 Å². The number of hydrogen-bond donors (Lipinski definition) is 2. The van der Waals surface area contributed by atoms with Gasteiger partial charge in [-0.2, -0.15) is 0 Å². The van der Waals surface area contributed by atoms with E-state index in [1.54, 1.807) is 43.3 Å². The van der Waals surface area contributed by atoms with Crippen molar-refractivity contribution >= 4 is 34.9 Å². The van der Waals surface area contributed by atoms with Crippen molar-refractivity contribution in [3.63, 3.8) is 0 Å². The molecule has 0 amide bonds. The van der Waals surface area contributed by atoms with Crippen LogP contribution in [0.4, 0.5) is 0 Å². The van der Waals surface area contributed by atoms with Crippen molar-refractivity contribution < 1.29 is 15.0 Å². The fourth-order valence-corrected chi connectivity index (χ4v) is 2.52. The highest BCUT2D eigenvalue weighted by molar-refractivity contribution is 6.32. The number of aryl methyl sites for hydroxylation is 1. The minimum Gasteiger partial charge on any atom is -0.507 e. The molecule has 23 heavy (non-hydrogen) atoms. The van der Waals surface area contributed by atoms with Crippen LogP contribution in [0, 0.1) is 6.92 Å². The summed E-state index contributed by atoms with van der Waals surface area (Å²) in [7, 11) is 0. The van der Waals surface area contributed by atoms with E-state index in [0.29, 0.717) is 26.9 Å². The third-order valence-electron chi connectivity index (χ3n) is 3.23. The Labute approximate surface area is 144 Å². The third kappa shape index (κ3) is 4.47. The second kappa shape index (κ2) is 7.49. The predicted octanol–water partition coefficient (Wildman–Crippen LogP) is 4.32. The van der Waals surface area contributed by atoms with E-state index in [2.05, 4.69) is 4.99 Å². The number of rotatable bonds is 5. The van der Waals surface area contributed by atoms with Gasteiger partial charge in [0, 0.05) is 21.2 Å². The lowest BCUT2D eigenvalue weighted by Gasteiger charge is -2.12. The lowest BCUT2D eigenvalue weighted by atomic mass is 9.99. The molecule has 0 saturated carbocycles. The molecule has 0 aliphatic carbocycles. The van der Waals surface area contributed by atoms with Gasteiger partial charge in [-0.15, -0.1) is 0 Å². The van der Waals surface area contributed by atoms with E-state index in [0.717, 1.165) is 5.56 Å². The molecule has 0 aromatic heterocycles. The molecule has 0 radical (unpaired) electrons. The maximum absolute atomic E-state index is 10.7. The molecule has 0 heterocycles. The largest absolute Gasteiger partial charge is 0.507 e. The van der Waals surface area contributed by atoms with Gasteiger partial charge in [0.1, 0.15) is 5.75 Å². The summed E-state index contributed by atoms with van der Waals surface area (Å²) in [5, 5.41) is 20.2. The first kappa shape index (κ1) is 17.3. The summed E-state index contributed by atoms with van der Waals surface area (Å²) in [6.45, 7) is 1.83. The standard InChI is InChI=1S/C17H15Cl2NO3/c1-10-8-13(19)9-14(17(10)23)16(20-7-6-15(21)22)11-2-4-12(18)5-3-11/h2-5,8-9,23H,6-7H2,1H3,(H,21,22)/b20-16+. The normalized spacial score (nSPS) is 11.5. The highest BCUT2D eigenvalue weighted by Crippen LogP contribution is 2.29. The average molecular weight is 352 g/mol. The lowest BCUT2D eigenvalue weighted by Crippen LogP contribution is -2.07. The van der Waals surface area contributed by atoms with Crippen LogP contribution in [-0.4, -0.2) is 28.4 Å². The average Bonchev–Trinajstić information content (AvgIpc) is 2.49. The summed E-state index contributed by atoms with van der Waals surface area (Å²) in [5.74, 6) is -0.867. The fourth-order valence-electron chi connectivity index (χ4n) is 2.12. The van der Waals surface area contributed by atoms with Crippen LogP contribution in [0.1, 0.15) is 23.1 Å². The van der Waals surface area contributed by atoms with E-state index in [1.165, 1.54) is 0 Å². The monoisotopic (exact) mass is 351 g/mol. The Morgan fingerprint density at radius 1 is 1.13 bits per heavy atom. The molecule has 0 spiro atoms. The Hall–Kier alpha value is -2.04. The second-order valence-corrected chi connectivity index (χ2v) is 5.87. The first-order valence-corrected chi connectivity index (χ1v) is 7.65. The number of phenolic OH excluding ortho intramolecular Hbond substituents is 1. The van der Waals surface area contributed by atoms with E-state index < -0.39 is 5.97 Å². The van der Waals surface area contributed by atoms with Gasteiger partial charge >= 0.3 is 5.97 Å². The number of carboxylic acid groups (broad SMARTS) is 1. The number of phenols is 1. The van der Waals surface area contributed by atoms with Crippen molar-refractivity contribution in [2.24, 2.45) is 4.99 Å². The van der Waals surface area contributed by atoms with Crippen LogP contribution in [0.5, 0.6) is 5.75 Å². The quantitative estimate of drug-likeness (QED) is 0.788. The van der Waals surface area contributed by atoms with Gasteiger partial charge in [0.25, 0.3) is 0 Å². The second-order valence-electron chi connectivity index (χ2n) is 5.00. The molecule has 2 N–H and O–H groups in total. The van der Waals surface area contributed by atoms with E-state index in [4.69, 9.17) is 28.3 Å². The highest BCUT2D eigenvalue weighted by atomic mass is 35.5. The van der Waals surface area contributed by atoms with Crippen molar-refractivity contribution in [2.45, 2.75) is 13.3 Å². The zero-order chi connectivity index (χ0) is 17.0. The Morgan fingerprint density at radius 2 is 1.78 bits per heavy atom. The number of aliphatic imine (C=N–C) groups is 1. The zero-order valence-electron chi connectivity index (χ0n) is 12.4. The van der Waals surface area contributed by atoms with Gasteiger partial charge in [0.2, 0.25) is 0 Å². The van der Waals surface area contributed by atoms with Gasteiger partial charge in [0.15, 0.2) is 0 Å². The Balaban J connectivity index is 2.53. The van der Waals surface area contributed by atoms with Gasteiger partial charge in [-0.1, -0.05) is 35.3 Å². The smallest absolute Gasteiger partial charge is 0.305 e. The molecule has 0 unspecified atom stereocenters. The summed E-state index contributed by atoms with van der Waals surface area (Å²) in [6.07, 6.45) is -0.0998. The van der Waals surface area contributed by atoms with Crippen molar-refractivity contribution in [3.05, 3.63) is 63.1 Å². The molecule has 120 valence electrons. The highest BCUT2D eigenvalue weighted by Gasteiger charge is 2.15. The molecule has 0 aliphatic heterocycles. The van der Waals surface area contributed by atoms with Crippen LogP contribution in [0.3, 0.4) is 0 Å². The Kier molecular flexibility index (Phi) is 5.64. The van der Waals surface area contributed by atoms with Gasteiger partial charge in [-0.3, -0.25) is 9.79 Å². The van der Waals surface area contributed by atoms with Crippen molar-refractivity contribution in [1.29, 1.82) is 0 Å². The third-order valence-corrected chi connectivity index (χ3v) is 3.70. The van der Waals surface area contributed by atoms with Crippen LogP contribution in [0.2, 0.25) is 10.0 Å². The molecule has 0 saturated heterocycles. The SMILES string of the molecule is Cc1cc(Cl)cc(/C(=N/CCC(=O)O)c2ccc(Cl)cc2)c1O. The van der Waals surface area contributed by atoms with E-state index in [1.807, 2.05) is 0 Å². The zero-order valence-corrected chi connectivity index (χ0v) is 13.9. The number of aliphatic carboxylic acids is 1. The summed E-state index contributed by atoms with van der Waals surface area (Å²) in [4.78, 5) is 15.1. The van der Waals surface area contributed by atoms with E-state index >= 15 is 0 Å². The van der Waals surface area contributed by atoms with Crippen LogP contribution >= 0.6 is 23.2 Å². The molecule has 2 rings (SSSR count).